The maximum atomic E-state index is 13.3. The second kappa shape index (κ2) is 11.2. The monoisotopic (exact) mass is 536 g/mol. The fraction of sp³-hybridized carbons (Fsp3) is 0.536. The summed E-state index contributed by atoms with van der Waals surface area (Å²) in [6, 6.07) is 9.72. The maximum Gasteiger partial charge on any atom is 0.421 e. The van der Waals surface area contributed by atoms with Crippen LogP contribution in [0.15, 0.2) is 42.6 Å². The molecule has 7 nitrogen and oxygen atoms in total. The van der Waals surface area contributed by atoms with Gasteiger partial charge in [0.15, 0.2) is 0 Å². The standard InChI is InChI=1S/C28H35F3N2O5/c1-18-10-7-8-11-19(18)20-16-33(25(35)38-26(2,3)4)15-13-22(20)37-24(34)27(5,6)17-36-23-21(28(29,30)31)12-9-14-32-23/h7-12,14,20,22H,13,15-17H2,1-6H3/t20-,22+/m0/s1. The van der Waals surface area contributed by atoms with Gasteiger partial charge in [-0.05, 0) is 64.8 Å². The normalized spacial score (nSPS) is 18.6. The predicted molar refractivity (Wildman–Crippen MR) is 135 cm³/mol. The summed E-state index contributed by atoms with van der Waals surface area (Å²) in [5, 5.41) is 0. The fourth-order valence-corrected chi connectivity index (χ4v) is 4.19. The van der Waals surface area contributed by atoms with Crippen molar-refractivity contribution in [3.8, 4) is 5.88 Å². The van der Waals surface area contributed by atoms with Crippen LogP contribution in [0, 0.1) is 12.3 Å². The third-order valence-electron chi connectivity index (χ3n) is 6.25. The first-order valence-corrected chi connectivity index (χ1v) is 12.5. The lowest BCUT2D eigenvalue weighted by molar-refractivity contribution is -0.164. The zero-order chi connectivity index (χ0) is 28.3. The molecule has 0 bridgehead atoms. The van der Waals surface area contributed by atoms with Crippen LogP contribution in [0.25, 0.3) is 0 Å². The molecule has 3 rings (SSSR count). The van der Waals surface area contributed by atoms with Crippen molar-refractivity contribution in [2.45, 2.75) is 71.8 Å². The van der Waals surface area contributed by atoms with Crippen LogP contribution in [0.2, 0.25) is 0 Å². The molecule has 1 aromatic carbocycles. The molecule has 0 spiro atoms. The molecule has 1 aliphatic heterocycles. The molecule has 0 unspecified atom stereocenters. The number of benzene rings is 1. The molecule has 1 aromatic heterocycles. The summed E-state index contributed by atoms with van der Waals surface area (Å²) in [6.45, 7) is 10.7. The molecule has 0 radical (unpaired) electrons. The van der Waals surface area contributed by atoms with E-state index in [1.807, 2.05) is 31.2 Å². The summed E-state index contributed by atoms with van der Waals surface area (Å²) >= 11 is 0. The minimum absolute atomic E-state index is 0.289. The number of carbonyl (C=O) groups is 2. The third kappa shape index (κ3) is 7.39. The highest BCUT2D eigenvalue weighted by molar-refractivity contribution is 5.76. The zero-order valence-corrected chi connectivity index (χ0v) is 22.6. The van der Waals surface area contributed by atoms with Crippen molar-refractivity contribution in [3.05, 3.63) is 59.3 Å². The Hall–Kier alpha value is -3.30. The van der Waals surface area contributed by atoms with E-state index in [2.05, 4.69) is 4.98 Å². The molecule has 2 atom stereocenters. The largest absolute Gasteiger partial charge is 0.476 e. The van der Waals surface area contributed by atoms with Crippen LogP contribution in [0.5, 0.6) is 5.88 Å². The summed E-state index contributed by atoms with van der Waals surface area (Å²) in [4.78, 5) is 31.3. The van der Waals surface area contributed by atoms with E-state index in [1.165, 1.54) is 12.3 Å². The SMILES string of the molecule is Cc1ccccc1[C@@H]1CN(C(=O)OC(C)(C)C)CC[C@H]1OC(=O)C(C)(C)COc1ncccc1C(F)(F)F. The van der Waals surface area contributed by atoms with Crippen molar-refractivity contribution in [1.82, 2.24) is 9.88 Å². The van der Waals surface area contributed by atoms with Gasteiger partial charge in [0, 0.05) is 31.6 Å². The Morgan fingerprint density at radius 3 is 2.37 bits per heavy atom. The van der Waals surface area contributed by atoms with Gasteiger partial charge in [-0.15, -0.1) is 0 Å². The molecule has 1 aliphatic rings. The minimum Gasteiger partial charge on any atom is -0.476 e. The number of alkyl halides is 3. The summed E-state index contributed by atoms with van der Waals surface area (Å²) in [5.41, 5.74) is -1.00. The Morgan fingerprint density at radius 2 is 1.74 bits per heavy atom. The number of hydrogen-bond donors (Lipinski definition) is 0. The first kappa shape index (κ1) is 29.3. The van der Waals surface area contributed by atoms with Gasteiger partial charge >= 0.3 is 18.2 Å². The van der Waals surface area contributed by atoms with Crippen molar-refractivity contribution < 1.29 is 37.0 Å². The minimum atomic E-state index is -4.64. The van der Waals surface area contributed by atoms with Gasteiger partial charge in [0.2, 0.25) is 5.88 Å². The Morgan fingerprint density at radius 1 is 1.05 bits per heavy atom. The van der Waals surface area contributed by atoms with E-state index in [1.54, 1.807) is 39.5 Å². The molecular weight excluding hydrogens is 501 g/mol. The number of nitrogens with zero attached hydrogens (tertiary/aromatic N) is 2. The molecule has 10 heteroatoms. The number of halogens is 3. The number of likely N-dealkylation sites (tertiary alicyclic amines) is 1. The number of ether oxygens (including phenoxy) is 3. The van der Waals surface area contributed by atoms with Gasteiger partial charge in [0.05, 0.1) is 5.41 Å². The van der Waals surface area contributed by atoms with Gasteiger partial charge in [0.25, 0.3) is 0 Å². The lowest BCUT2D eigenvalue weighted by Crippen LogP contribution is -2.49. The Bertz CT molecular complexity index is 1140. The van der Waals surface area contributed by atoms with Crippen molar-refractivity contribution >= 4 is 12.1 Å². The molecule has 2 heterocycles. The molecule has 1 fully saturated rings. The summed E-state index contributed by atoms with van der Waals surface area (Å²) < 4.78 is 56.8. The van der Waals surface area contributed by atoms with Gasteiger partial charge in [-0.2, -0.15) is 13.2 Å². The molecule has 38 heavy (non-hydrogen) atoms. The van der Waals surface area contributed by atoms with Gasteiger partial charge in [0.1, 0.15) is 23.9 Å². The molecule has 2 aromatic rings. The van der Waals surface area contributed by atoms with E-state index in [4.69, 9.17) is 14.2 Å². The second-order valence-corrected chi connectivity index (χ2v) is 11.1. The molecular formula is C28H35F3N2O5. The lowest BCUT2D eigenvalue weighted by Gasteiger charge is -2.40. The number of aryl methyl sites for hydroxylation is 1. The van der Waals surface area contributed by atoms with Crippen LogP contribution in [0.4, 0.5) is 18.0 Å². The van der Waals surface area contributed by atoms with Gasteiger partial charge in [-0.25, -0.2) is 9.78 Å². The first-order valence-electron chi connectivity index (χ1n) is 12.5. The van der Waals surface area contributed by atoms with E-state index in [0.29, 0.717) is 13.0 Å². The van der Waals surface area contributed by atoms with Crippen LogP contribution in [-0.4, -0.2) is 53.3 Å². The Balaban J connectivity index is 1.76. The number of esters is 1. The summed E-state index contributed by atoms with van der Waals surface area (Å²) in [5.74, 6) is -1.52. The maximum absolute atomic E-state index is 13.3. The number of pyridine rings is 1. The van der Waals surface area contributed by atoms with Gasteiger partial charge in [-0.3, -0.25) is 4.79 Å². The average molecular weight is 537 g/mol. The Labute approximate surface area is 221 Å². The predicted octanol–water partition coefficient (Wildman–Crippen LogP) is 6.15. The van der Waals surface area contributed by atoms with Crippen molar-refractivity contribution in [2.75, 3.05) is 19.7 Å². The van der Waals surface area contributed by atoms with Crippen molar-refractivity contribution in [1.29, 1.82) is 0 Å². The Kier molecular flexibility index (Phi) is 8.63. The van der Waals surface area contributed by atoms with E-state index in [-0.39, 0.29) is 19.1 Å². The van der Waals surface area contributed by atoms with Gasteiger partial charge < -0.3 is 19.1 Å². The molecule has 0 saturated carbocycles. The third-order valence-corrected chi connectivity index (χ3v) is 6.25. The number of rotatable bonds is 6. The highest BCUT2D eigenvalue weighted by Gasteiger charge is 2.41. The average Bonchev–Trinajstić information content (AvgIpc) is 2.82. The second-order valence-electron chi connectivity index (χ2n) is 11.1. The fourth-order valence-electron chi connectivity index (χ4n) is 4.19. The molecule has 208 valence electrons. The van der Waals surface area contributed by atoms with E-state index in [9.17, 15) is 22.8 Å². The highest BCUT2D eigenvalue weighted by atomic mass is 19.4. The van der Waals surface area contributed by atoms with Crippen LogP contribution >= 0.6 is 0 Å². The zero-order valence-electron chi connectivity index (χ0n) is 22.6. The lowest BCUT2D eigenvalue weighted by atomic mass is 9.85. The number of piperidine rings is 1. The molecule has 1 saturated heterocycles. The number of amides is 1. The van der Waals surface area contributed by atoms with E-state index in [0.717, 1.165) is 17.2 Å². The van der Waals surface area contributed by atoms with Crippen LogP contribution < -0.4 is 4.74 Å². The van der Waals surface area contributed by atoms with Crippen molar-refractivity contribution in [3.63, 3.8) is 0 Å². The van der Waals surface area contributed by atoms with Crippen molar-refractivity contribution in [2.24, 2.45) is 5.41 Å². The summed E-state index contributed by atoms with van der Waals surface area (Å²) in [6.07, 6.45) is -4.06. The number of aromatic nitrogens is 1. The van der Waals surface area contributed by atoms with Crippen LogP contribution in [0.1, 0.15) is 63.6 Å². The summed E-state index contributed by atoms with van der Waals surface area (Å²) in [7, 11) is 0. The molecule has 0 N–H and O–H groups in total. The van der Waals surface area contributed by atoms with Crippen LogP contribution in [-0.2, 0) is 20.4 Å². The number of hydrogen-bond acceptors (Lipinski definition) is 6. The van der Waals surface area contributed by atoms with Gasteiger partial charge in [-0.1, -0.05) is 24.3 Å². The molecule has 0 aliphatic carbocycles. The number of carbonyl (C=O) groups excluding carboxylic acids is 2. The first-order chi connectivity index (χ1) is 17.6. The smallest absolute Gasteiger partial charge is 0.421 e. The van der Waals surface area contributed by atoms with Crippen LogP contribution in [0.3, 0.4) is 0 Å². The topological polar surface area (TPSA) is 78.0 Å². The van der Waals surface area contributed by atoms with E-state index < -0.39 is 46.8 Å². The van der Waals surface area contributed by atoms with E-state index >= 15 is 0 Å². The molecule has 1 amide bonds. The highest BCUT2D eigenvalue weighted by Crippen LogP contribution is 2.36. The quantitative estimate of drug-likeness (QED) is 0.412.